The Balaban J connectivity index is 2.48. The van der Waals surface area contributed by atoms with E-state index in [1.165, 1.54) is 12.0 Å². The zero-order valence-corrected chi connectivity index (χ0v) is 10.6. The molecule has 0 aromatic heterocycles. The fourth-order valence-electron chi connectivity index (χ4n) is 1.85. The summed E-state index contributed by atoms with van der Waals surface area (Å²) in [7, 11) is 0. The van der Waals surface area contributed by atoms with Crippen LogP contribution in [0.25, 0.3) is 0 Å². The highest BCUT2D eigenvalue weighted by Crippen LogP contribution is 2.06. The lowest BCUT2D eigenvalue weighted by Gasteiger charge is -2.19. The molecule has 0 amide bonds. The van der Waals surface area contributed by atoms with E-state index in [4.69, 9.17) is 5.11 Å². The summed E-state index contributed by atoms with van der Waals surface area (Å²) in [6.45, 7) is 7.59. The lowest BCUT2D eigenvalue weighted by Crippen LogP contribution is -2.26. The van der Waals surface area contributed by atoms with Gasteiger partial charge in [0.05, 0.1) is 5.56 Å². The summed E-state index contributed by atoms with van der Waals surface area (Å²) in [6.07, 6.45) is 2.15. The van der Waals surface area contributed by atoms with Crippen LogP contribution in [-0.2, 0) is 6.42 Å². The van der Waals surface area contributed by atoms with Crippen molar-refractivity contribution in [3.63, 3.8) is 0 Å². The largest absolute Gasteiger partial charge is 0.478 e. The molecule has 0 aliphatic rings. The van der Waals surface area contributed by atoms with Gasteiger partial charge < -0.3 is 10.0 Å². The molecule has 17 heavy (non-hydrogen) atoms. The van der Waals surface area contributed by atoms with Gasteiger partial charge in [-0.15, -0.1) is 0 Å². The van der Waals surface area contributed by atoms with E-state index in [-0.39, 0.29) is 0 Å². The van der Waals surface area contributed by atoms with Gasteiger partial charge in [-0.25, -0.2) is 4.79 Å². The van der Waals surface area contributed by atoms with Crippen molar-refractivity contribution in [2.45, 2.75) is 26.7 Å². The Morgan fingerprint density at radius 1 is 1.18 bits per heavy atom. The van der Waals surface area contributed by atoms with E-state index in [0.29, 0.717) is 5.56 Å². The number of carboxylic acid groups (broad SMARTS) is 1. The molecule has 3 nitrogen and oxygen atoms in total. The molecule has 1 aromatic rings. The van der Waals surface area contributed by atoms with Gasteiger partial charge in [0.15, 0.2) is 0 Å². The Morgan fingerprint density at radius 2 is 1.82 bits per heavy atom. The third-order valence-corrected chi connectivity index (χ3v) is 2.90. The second kappa shape index (κ2) is 7.07. The first-order valence-corrected chi connectivity index (χ1v) is 6.22. The quantitative estimate of drug-likeness (QED) is 0.790. The van der Waals surface area contributed by atoms with Gasteiger partial charge in [0.1, 0.15) is 0 Å². The van der Waals surface area contributed by atoms with E-state index in [0.717, 1.165) is 26.1 Å². The van der Waals surface area contributed by atoms with Crippen LogP contribution in [0.5, 0.6) is 0 Å². The van der Waals surface area contributed by atoms with Crippen LogP contribution in [0.3, 0.4) is 0 Å². The van der Waals surface area contributed by atoms with E-state index in [9.17, 15) is 4.79 Å². The third kappa shape index (κ3) is 4.57. The first-order valence-electron chi connectivity index (χ1n) is 6.22. The summed E-state index contributed by atoms with van der Waals surface area (Å²) in [4.78, 5) is 13.1. The lowest BCUT2D eigenvalue weighted by molar-refractivity contribution is 0.0697. The maximum Gasteiger partial charge on any atom is 0.335 e. The average Bonchev–Trinajstić information content (AvgIpc) is 2.35. The van der Waals surface area contributed by atoms with Crippen LogP contribution in [0.15, 0.2) is 24.3 Å². The van der Waals surface area contributed by atoms with Gasteiger partial charge in [0.25, 0.3) is 0 Å². The summed E-state index contributed by atoms with van der Waals surface area (Å²) in [5.41, 5.74) is 1.55. The molecular weight excluding hydrogens is 214 g/mol. The second-order valence-corrected chi connectivity index (χ2v) is 4.19. The number of hydrogen-bond donors (Lipinski definition) is 1. The van der Waals surface area contributed by atoms with Crippen molar-refractivity contribution in [1.29, 1.82) is 0 Å². The van der Waals surface area contributed by atoms with E-state index >= 15 is 0 Å². The Morgan fingerprint density at radius 3 is 2.29 bits per heavy atom. The maximum atomic E-state index is 10.7. The monoisotopic (exact) mass is 235 g/mol. The predicted octanol–water partition coefficient (Wildman–Crippen LogP) is 2.66. The van der Waals surface area contributed by atoms with Crippen molar-refractivity contribution in [2.75, 3.05) is 19.6 Å². The number of carbonyl (C=O) groups is 1. The smallest absolute Gasteiger partial charge is 0.335 e. The first kappa shape index (κ1) is 13.7. The molecule has 0 spiro atoms. The zero-order chi connectivity index (χ0) is 12.7. The molecule has 1 aromatic carbocycles. The van der Waals surface area contributed by atoms with Crippen LogP contribution in [0.1, 0.15) is 36.2 Å². The summed E-state index contributed by atoms with van der Waals surface area (Å²) < 4.78 is 0. The second-order valence-electron chi connectivity index (χ2n) is 4.19. The minimum atomic E-state index is -0.863. The van der Waals surface area contributed by atoms with Crippen molar-refractivity contribution in [1.82, 2.24) is 4.90 Å². The molecule has 0 aliphatic carbocycles. The Kier molecular flexibility index (Phi) is 5.70. The van der Waals surface area contributed by atoms with E-state index < -0.39 is 5.97 Å². The van der Waals surface area contributed by atoms with Gasteiger partial charge >= 0.3 is 5.97 Å². The van der Waals surface area contributed by atoms with Crippen LogP contribution in [0, 0.1) is 0 Å². The van der Waals surface area contributed by atoms with Crippen LogP contribution in [0.4, 0.5) is 0 Å². The molecule has 0 radical (unpaired) electrons. The molecule has 0 bridgehead atoms. The average molecular weight is 235 g/mol. The molecule has 1 N–H and O–H groups in total. The number of hydrogen-bond acceptors (Lipinski definition) is 2. The summed E-state index contributed by atoms with van der Waals surface area (Å²) in [6, 6.07) is 7.16. The highest BCUT2D eigenvalue weighted by Gasteiger charge is 2.04. The molecule has 1 rings (SSSR count). The fourth-order valence-corrected chi connectivity index (χ4v) is 1.85. The first-order chi connectivity index (χ1) is 8.17. The number of nitrogens with zero attached hydrogens (tertiary/aromatic N) is 1. The lowest BCUT2D eigenvalue weighted by atomic mass is 10.1. The highest BCUT2D eigenvalue weighted by atomic mass is 16.4. The van der Waals surface area contributed by atoms with Crippen molar-refractivity contribution in [3.05, 3.63) is 35.4 Å². The Labute approximate surface area is 103 Å². The van der Waals surface area contributed by atoms with E-state index in [1.54, 1.807) is 12.1 Å². The summed E-state index contributed by atoms with van der Waals surface area (Å²) >= 11 is 0. The van der Waals surface area contributed by atoms with E-state index in [2.05, 4.69) is 18.7 Å². The minimum Gasteiger partial charge on any atom is -0.478 e. The van der Waals surface area contributed by atoms with Crippen LogP contribution in [-0.4, -0.2) is 35.6 Å². The topological polar surface area (TPSA) is 40.5 Å². The standard InChI is InChI=1S/C14H21NO2/c1-3-10-15(4-2)11-9-12-5-7-13(8-6-12)14(16)17/h5-8H,3-4,9-11H2,1-2H3,(H,16,17). The molecule has 0 heterocycles. The molecule has 0 atom stereocenters. The molecule has 0 unspecified atom stereocenters. The fraction of sp³-hybridized carbons (Fsp3) is 0.500. The third-order valence-electron chi connectivity index (χ3n) is 2.90. The Hall–Kier alpha value is -1.35. The van der Waals surface area contributed by atoms with Crippen LogP contribution >= 0.6 is 0 Å². The molecule has 94 valence electrons. The van der Waals surface area contributed by atoms with Crippen LogP contribution < -0.4 is 0 Å². The van der Waals surface area contributed by atoms with Crippen LogP contribution in [0.2, 0.25) is 0 Å². The number of aromatic carboxylic acids is 1. The molecule has 0 fully saturated rings. The highest BCUT2D eigenvalue weighted by molar-refractivity contribution is 5.87. The van der Waals surface area contributed by atoms with Crippen molar-refractivity contribution in [2.24, 2.45) is 0 Å². The Bertz CT molecular complexity index is 346. The molecule has 0 saturated carbocycles. The predicted molar refractivity (Wildman–Crippen MR) is 69.5 cm³/mol. The molecule has 3 heteroatoms. The maximum absolute atomic E-state index is 10.7. The van der Waals surface area contributed by atoms with Gasteiger partial charge in [0, 0.05) is 6.54 Å². The molecule has 0 saturated heterocycles. The normalized spacial score (nSPS) is 10.8. The van der Waals surface area contributed by atoms with Gasteiger partial charge in [-0.3, -0.25) is 0 Å². The van der Waals surface area contributed by atoms with E-state index in [1.807, 2.05) is 12.1 Å². The SMILES string of the molecule is CCCN(CC)CCc1ccc(C(=O)O)cc1. The van der Waals surface area contributed by atoms with Gasteiger partial charge in [0.2, 0.25) is 0 Å². The minimum absolute atomic E-state index is 0.356. The molecule has 0 aliphatic heterocycles. The summed E-state index contributed by atoms with van der Waals surface area (Å²) in [5, 5.41) is 8.79. The summed E-state index contributed by atoms with van der Waals surface area (Å²) in [5.74, 6) is -0.863. The molecular formula is C14H21NO2. The number of benzene rings is 1. The van der Waals surface area contributed by atoms with Gasteiger partial charge in [-0.2, -0.15) is 0 Å². The number of likely N-dealkylation sites (N-methyl/N-ethyl adjacent to an activating group) is 1. The van der Waals surface area contributed by atoms with Gasteiger partial charge in [-0.05, 0) is 43.6 Å². The van der Waals surface area contributed by atoms with Crippen molar-refractivity contribution < 1.29 is 9.90 Å². The van der Waals surface area contributed by atoms with Gasteiger partial charge in [-0.1, -0.05) is 26.0 Å². The number of carboxylic acids is 1. The number of rotatable bonds is 7. The van der Waals surface area contributed by atoms with Crippen molar-refractivity contribution >= 4 is 5.97 Å². The van der Waals surface area contributed by atoms with Crippen molar-refractivity contribution in [3.8, 4) is 0 Å². The zero-order valence-electron chi connectivity index (χ0n) is 10.6.